The minimum atomic E-state index is -0.644. The summed E-state index contributed by atoms with van der Waals surface area (Å²) < 4.78 is 7.04. The smallest absolute Gasteiger partial charge is 0.181 e. The Hall–Kier alpha value is 0.150. The molecule has 0 saturated carbocycles. The van der Waals surface area contributed by atoms with E-state index in [0.29, 0.717) is 4.73 Å². The molecule has 86 valence electrons. The van der Waals surface area contributed by atoms with Gasteiger partial charge < -0.3 is 14.9 Å². The van der Waals surface area contributed by atoms with Gasteiger partial charge in [-0.1, -0.05) is 23.2 Å². The highest BCUT2D eigenvalue weighted by Gasteiger charge is 2.13. The molecule has 15 heavy (non-hydrogen) atoms. The Balaban J connectivity index is 2.64. The van der Waals surface area contributed by atoms with E-state index in [2.05, 4.69) is 20.9 Å². The molecule has 0 atom stereocenters. The average Bonchev–Trinajstić information content (AvgIpc) is 2.45. The minimum absolute atomic E-state index is 0.0466. The summed E-state index contributed by atoms with van der Waals surface area (Å²) >= 11 is 14.6. The Morgan fingerprint density at radius 3 is 2.40 bits per heavy atom. The van der Waals surface area contributed by atoms with Gasteiger partial charge in [0.25, 0.3) is 0 Å². The molecule has 8 heteroatoms. The average molecular weight is 320 g/mol. The molecule has 0 aliphatic rings. The first-order valence-electron chi connectivity index (χ1n) is 4.00. The first kappa shape index (κ1) is 13.2. The number of aliphatic hydroxyl groups is 2. The predicted molar refractivity (Wildman–Crippen MR) is 59.0 cm³/mol. The summed E-state index contributed by atoms with van der Waals surface area (Å²) in [7, 11) is 0. The molecule has 1 aromatic heterocycles. The van der Waals surface area contributed by atoms with Crippen LogP contribution in [0.3, 0.4) is 0 Å². The van der Waals surface area contributed by atoms with Gasteiger partial charge in [0, 0.05) is 0 Å². The number of imidazole rings is 1. The standard InChI is InChI=1S/C7H9BrCl2N2O3/c8-7-11-5(9)6(10)12(7)3-15-4(1-13)2-14/h4,13-14H,1-3H2. The summed E-state index contributed by atoms with van der Waals surface area (Å²) in [5.41, 5.74) is 0. The van der Waals surface area contributed by atoms with Crippen LogP contribution >= 0.6 is 39.1 Å². The van der Waals surface area contributed by atoms with Gasteiger partial charge >= 0.3 is 0 Å². The Labute approximate surface area is 105 Å². The molecular weight excluding hydrogens is 311 g/mol. The minimum Gasteiger partial charge on any atom is -0.394 e. The second-order valence-electron chi connectivity index (χ2n) is 2.67. The molecule has 0 radical (unpaired) electrons. The molecule has 0 saturated heterocycles. The molecule has 0 amide bonds. The molecule has 0 bridgehead atoms. The van der Waals surface area contributed by atoms with E-state index in [1.165, 1.54) is 4.57 Å². The lowest BCUT2D eigenvalue weighted by Gasteiger charge is -2.13. The van der Waals surface area contributed by atoms with Gasteiger partial charge in [-0.2, -0.15) is 0 Å². The highest BCUT2D eigenvalue weighted by atomic mass is 79.9. The number of aliphatic hydroxyl groups excluding tert-OH is 2. The summed E-state index contributed by atoms with van der Waals surface area (Å²) in [6.45, 7) is -0.493. The molecule has 0 aromatic carbocycles. The van der Waals surface area contributed by atoms with E-state index in [4.69, 9.17) is 38.2 Å². The van der Waals surface area contributed by atoms with E-state index in [-0.39, 0.29) is 30.3 Å². The lowest BCUT2D eigenvalue weighted by Crippen LogP contribution is -2.23. The van der Waals surface area contributed by atoms with Crippen LogP contribution in [0.2, 0.25) is 10.3 Å². The fourth-order valence-electron chi connectivity index (χ4n) is 0.833. The van der Waals surface area contributed by atoms with E-state index in [1.807, 2.05) is 0 Å². The Morgan fingerprint density at radius 1 is 1.40 bits per heavy atom. The summed E-state index contributed by atoms with van der Waals surface area (Å²) in [4.78, 5) is 3.85. The third kappa shape index (κ3) is 3.30. The molecule has 1 aromatic rings. The molecule has 0 aliphatic heterocycles. The maximum absolute atomic E-state index is 8.77. The van der Waals surface area contributed by atoms with Crippen LogP contribution in [0.5, 0.6) is 0 Å². The number of halogens is 3. The topological polar surface area (TPSA) is 67.5 Å². The zero-order valence-corrected chi connectivity index (χ0v) is 10.6. The monoisotopic (exact) mass is 318 g/mol. The largest absolute Gasteiger partial charge is 0.394 e. The molecule has 0 fully saturated rings. The molecular formula is C7H9BrCl2N2O3. The van der Waals surface area contributed by atoms with Crippen molar-refractivity contribution >= 4 is 39.1 Å². The zero-order chi connectivity index (χ0) is 11.4. The van der Waals surface area contributed by atoms with Crippen molar-refractivity contribution in [2.24, 2.45) is 0 Å². The third-order valence-corrected chi connectivity index (χ3v) is 3.02. The van der Waals surface area contributed by atoms with Crippen molar-refractivity contribution in [3.05, 3.63) is 15.0 Å². The van der Waals surface area contributed by atoms with Crippen LogP contribution in [0.15, 0.2) is 4.73 Å². The lowest BCUT2D eigenvalue weighted by atomic mass is 10.4. The highest BCUT2D eigenvalue weighted by Crippen LogP contribution is 2.25. The van der Waals surface area contributed by atoms with Crippen LogP contribution in [0.4, 0.5) is 0 Å². The van der Waals surface area contributed by atoms with Gasteiger partial charge in [-0.3, -0.25) is 4.57 Å². The lowest BCUT2D eigenvalue weighted by molar-refractivity contribution is -0.0504. The Morgan fingerprint density at radius 2 is 2.00 bits per heavy atom. The number of ether oxygens (including phenoxy) is 1. The van der Waals surface area contributed by atoms with Gasteiger partial charge in [0.15, 0.2) is 15.0 Å². The van der Waals surface area contributed by atoms with Crippen molar-refractivity contribution < 1.29 is 14.9 Å². The van der Waals surface area contributed by atoms with E-state index in [1.54, 1.807) is 0 Å². The maximum atomic E-state index is 8.77. The van der Waals surface area contributed by atoms with E-state index in [9.17, 15) is 0 Å². The quantitative estimate of drug-likeness (QED) is 0.858. The van der Waals surface area contributed by atoms with Gasteiger partial charge in [0.1, 0.15) is 12.8 Å². The second kappa shape index (κ2) is 6.03. The van der Waals surface area contributed by atoms with Gasteiger partial charge in [-0.15, -0.1) is 0 Å². The molecule has 0 aliphatic carbocycles. The van der Waals surface area contributed by atoms with Gasteiger partial charge in [-0.25, -0.2) is 4.98 Å². The van der Waals surface area contributed by atoms with Crippen molar-refractivity contribution in [1.82, 2.24) is 9.55 Å². The maximum Gasteiger partial charge on any atom is 0.181 e. The molecule has 2 N–H and O–H groups in total. The van der Waals surface area contributed by atoms with Crippen molar-refractivity contribution in [2.45, 2.75) is 12.8 Å². The zero-order valence-electron chi connectivity index (χ0n) is 7.53. The molecule has 0 unspecified atom stereocenters. The summed E-state index contributed by atoms with van der Waals surface area (Å²) in [5.74, 6) is 0. The first-order chi connectivity index (χ1) is 7.10. The SMILES string of the molecule is OCC(CO)OCn1c(Br)nc(Cl)c1Cl. The molecule has 1 heterocycles. The van der Waals surface area contributed by atoms with Crippen molar-refractivity contribution in [1.29, 1.82) is 0 Å². The van der Waals surface area contributed by atoms with Crippen LogP contribution in [0.25, 0.3) is 0 Å². The number of nitrogens with zero attached hydrogens (tertiary/aromatic N) is 2. The normalized spacial score (nSPS) is 11.3. The summed E-state index contributed by atoms with van der Waals surface area (Å²) in [6.07, 6.45) is -0.644. The number of hydrogen-bond acceptors (Lipinski definition) is 4. The second-order valence-corrected chi connectivity index (χ2v) is 4.10. The van der Waals surface area contributed by atoms with E-state index in [0.717, 1.165) is 0 Å². The molecule has 5 nitrogen and oxygen atoms in total. The fraction of sp³-hybridized carbons (Fsp3) is 0.571. The van der Waals surface area contributed by atoms with Crippen molar-refractivity contribution in [2.75, 3.05) is 13.2 Å². The van der Waals surface area contributed by atoms with Gasteiger partial charge in [0.2, 0.25) is 0 Å². The van der Waals surface area contributed by atoms with Crippen LogP contribution in [-0.4, -0.2) is 39.1 Å². The van der Waals surface area contributed by atoms with Crippen molar-refractivity contribution in [3.8, 4) is 0 Å². The van der Waals surface area contributed by atoms with Crippen LogP contribution < -0.4 is 0 Å². The number of hydrogen-bond donors (Lipinski definition) is 2. The van der Waals surface area contributed by atoms with Gasteiger partial charge in [-0.05, 0) is 15.9 Å². The summed E-state index contributed by atoms with van der Waals surface area (Å²) in [6, 6.07) is 0. The predicted octanol–water partition coefficient (Wildman–Crippen LogP) is 1.28. The van der Waals surface area contributed by atoms with Crippen LogP contribution in [-0.2, 0) is 11.5 Å². The number of aromatic nitrogens is 2. The van der Waals surface area contributed by atoms with Gasteiger partial charge in [0.05, 0.1) is 13.2 Å². The summed E-state index contributed by atoms with van der Waals surface area (Å²) in [5, 5.41) is 17.9. The third-order valence-electron chi connectivity index (χ3n) is 1.67. The van der Waals surface area contributed by atoms with Crippen LogP contribution in [0, 0.1) is 0 Å². The Kier molecular flexibility index (Phi) is 5.31. The molecule has 1 rings (SSSR count). The molecule has 0 spiro atoms. The van der Waals surface area contributed by atoms with E-state index >= 15 is 0 Å². The van der Waals surface area contributed by atoms with Crippen LogP contribution in [0.1, 0.15) is 0 Å². The fourth-order valence-corrected chi connectivity index (χ4v) is 1.85. The Bertz CT molecular complexity index is 330. The van der Waals surface area contributed by atoms with E-state index < -0.39 is 6.10 Å². The van der Waals surface area contributed by atoms with Crippen molar-refractivity contribution in [3.63, 3.8) is 0 Å². The number of rotatable bonds is 5. The first-order valence-corrected chi connectivity index (χ1v) is 5.55. The highest BCUT2D eigenvalue weighted by molar-refractivity contribution is 9.10.